The summed E-state index contributed by atoms with van der Waals surface area (Å²) in [6.07, 6.45) is -5.77. The SMILES string of the molecule is COc1ccc(C(C)(C)CC(O)(Cc2cc3ccccc3[nH]2)C(F)(F)F)cc1. The predicted octanol–water partition coefficient (Wildman–Crippen LogP) is 5.38. The van der Waals surface area contributed by atoms with Crippen LogP contribution in [0.2, 0.25) is 0 Å². The molecular weight excluding hydrogens is 367 g/mol. The summed E-state index contributed by atoms with van der Waals surface area (Å²) in [6.45, 7) is 3.41. The van der Waals surface area contributed by atoms with Crippen molar-refractivity contribution in [3.05, 3.63) is 65.9 Å². The number of hydrogen-bond donors (Lipinski definition) is 2. The maximum atomic E-state index is 13.9. The van der Waals surface area contributed by atoms with Crippen molar-refractivity contribution in [1.29, 1.82) is 0 Å². The number of fused-ring (bicyclic) bond motifs is 1. The van der Waals surface area contributed by atoms with Crippen molar-refractivity contribution in [1.82, 2.24) is 4.98 Å². The minimum atomic E-state index is -4.77. The topological polar surface area (TPSA) is 45.2 Å². The summed E-state index contributed by atoms with van der Waals surface area (Å²) < 4.78 is 46.9. The van der Waals surface area contributed by atoms with E-state index >= 15 is 0 Å². The Morgan fingerprint density at radius 3 is 2.21 bits per heavy atom. The fourth-order valence-corrected chi connectivity index (χ4v) is 3.68. The largest absolute Gasteiger partial charge is 0.497 e. The molecule has 0 spiro atoms. The summed E-state index contributed by atoms with van der Waals surface area (Å²) >= 11 is 0. The van der Waals surface area contributed by atoms with Gasteiger partial charge in [-0.2, -0.15) is 13.2 Å². The molecule has 2 aromatic carbocycles. The minimum Gasteiger partial charge on any atom is -0.497 e. The van der Waals surface area contributed by atoms with Crippen molar-refractivity contribution >= 4 is 10.9 Å². The van der Waals surface area contributed by atoms with E-state index in [2.05, 4.69) is 4.98 Å². The van der Waals surface area contributed by atoms with E-state index in [-0.39, 0.29) is 0 Å². The first-order chi connectivity index (χ1) is 13.0. The Morgan fingerprint density at radius 1 is 1.00 bits per heavy atom. The average molecular weight is 391 g/mol. The number of para-hydroxylation sites is 1. The van der Waals surface area contributed by atoms with Crippen molar-refractivity contribution in [2.24, 2.45) is 0 Å². The van der Waals surface area contributed by atoms with Crippen molar-refractivity contribution in [3.8, 4) is 5.75 Å². The number of rotatable bonds is 6. The maximum absolute atomic E-state index is 13.9. The number of alkyl halides is 3. The second kappa shape index (κ2) is 7.17. The molecule has 2 N–H and O–H groups in total. The lowest BCUT2D eigenvalue weighted by molar-refractivity contribution is -0.266. The molecule has 1 unspecified atom stereocenters. The van der Waals surface area contributed by atoms with Gasteiger partial charge < -0.3 is 14.8 Å². The van der Waals surface area contributed by atoms with Gasteiger partial charge in [-0.15, -0.1) is 0 Å². The molecule has 0 aliphatic rings. The van der Waals surface area contributed by atoms with Gasteiger partial charge in [-0.3, -0.25) is 0 Å². The van der Waals surface area contributed by atoms with Gasteiger partial charge in [0.2, 0.25) is 0 Å². The van der Waals surface area contributed by atoms with Gasteiger partial charge in [0, 0.05) is 17.6 Å². The highest BCUT2D eigenvalue weighted by Gasteiger charge is 2.56. The first-order valence-corrected chi connectivity index (χ1v) is 9.04. The van der Waals surface area contributed by atoms with Gasteiger partial charge in [-0.25, -0.2) is 0 Å². The van der Waals surface area contributed by atoms with Gasteiger partial charge >= 0.3 is 6.18 Å². The van der Waals surface area contributed by atoms with E-state index in [1.54, 1.807) is 50.2 Å². The molecule has 0 fully saturated rings. The highest BCUT2D eigenvalue weighted by atomic mass is 19.4. The Balaban J connectivity index is 1.91. The lowest BCUT2D eigenvalue weighted by Crippen LogP contribution is -2.50. The van der Waals surface area contributed by atoms with Crippen LogP contribution in [0.15, 0.2) is 54.6 Å². The standard InChI is InChI=1S/C22H24F3NO2/c1-20(2,16-8-10-18(28-3)11-9-16)14-21(27,22(23,24)25)13-17-12-15-6-4-5-7-19(15)26-17/h4-12,26-27H,13-14H2,1-3H3. The first kappa shape index (κ1) is 20.3. The highest BCUT2D eigenvalue weighted by molar-refractivity contribution is 5.80. The third kappa shape index (κ3) is 4.02. The fourth-order valence-electron chi connectivity index (χ4n) is 3.68. The van der Waals surface area contributed by atoms with E-state index in [9.17, 15) is 18.3 Å². The number of aromatic amines is 1. The van der Waals surface area contributed by atoms with Crippen LogP contribution in [0.1, 0.15) is 31.5 Å². The molecule has 3 nitrogen and oxygen atoms in total. The van der Waals surface area contributed by atoms with Crippen LogP contribution in [-0.2, 0) is 11.8 Å². The third-order valence-corrected chi connectivity index (χ3v) is 5.20. The first-order valence-electron chi connectivity index (χ1n) is 9.04. The number of methoxy groups -OCH3 is 1. The number of aromatic nitrogens is 1. The van der Waals surface area contributed by atoms with Gasteiger partial charge in [0.25, 0.3) is 0 Å². The molecule has 3 aromatic rings. The van der Waals surface area contributed by atoms with Crippen molar-refractivity contribution < 1.29 is 23.0 Å². The molecule has 0 saturated carbocycles. The lowest BCUT2D eigenvalue weighted by atomic mass is 9.73. The zero-order valence-corrected chi connectivity index (χ0v) is 16.1. The van der Waals surface area contributed by atoms with Crippen molar-refractivity contribution in [3.63, 3.8) is 0 Å². The lowest BCUT2D eigenvalue weighted by Gasteiger charge is -2.38. The van der Waals surface area contributed by atoms with Crippen LogP contribution in [-0.4, -0.2) is 29.0 Å². The van der Waals surface area contributed by atoms with E-state index in [4.69, 9.17) is 4.74 Å². The molecule has 1 atom stereocenters. The Bertz CT molecular complexity index is 911. The van der Waals surface area contributed by atoms with E-state index < -0.39 is 30.0 Å². The van der Waals surface area contributed by atoms with Crippen molar-refractivity contribution in [2.45, 2.75) is 43.9 Å². The van der Waals surface area contributed by atoms with Gasteiger partial charge in [0.05, 0.1) is 7.11 Å². The summed E-state index contributed by atoms with van der Waals surface area (Å²) in [4.78, 5) is 2.99. The molecule has 0 bridgehead atoms. The molecule has 1 heterocycles. The summed E-state index contributed by atoms with van der Waals surface area (Å²) in [6, 6.07) is 15.8. The molecule has 3 rings (SSSR count). The number of ether oxygens (including phenoxy) is 1. The predicted molar refractivity (Wildman–Crippen MR) is 104 cm³/mol. The molecule has 0 radical (unpaired) electrons. The molecule has 0 aliphatic carbocycles. The Labute approximate surface area is 162 Å². The summed E-state index contributed by atoms with van der Waals surface area (Å²) in [5.74, 6) is 0.628. The molecule has 6 heteroatoms. The summed E-state index contributed by atoms with van der Waals surface area (Å²) in [7, 11) is 1.53. The Morgan fingerprint density at radius 2 is 1.64 bits per heavy atom. The number of aliphatic hydroxyl groups is 1. The zero-order chi connectivity index (χ0) is 20.6. The smallest absolute Gasteiger partial charge is 0.417 e. The molecule has 0 amide bonds. The normalized spacial score (nSPS) is 14.8. The van der Waals surface area contributed by atoms with Crippen LogP contribution in [0, 0.1) is 0 Å². The number of H-pyrrole nitrogens is 1. The van der Waals surface area contributed by atoms with Crippen LogP contribution in [0.5, 0.6) is 5.75 Å². The zero-order valence-electron chi connectivity index (χ0n) is 16.1. The van der Waals surface area contributed by atoms with Gasteiger partial charge in [-0.05, 0) is 47.1 Å². The van der Waals surface area contributed by atoms with Crippen LogP contribution in [0.4, 0.5) is 13.2 Å². The summed E-state index contributed by atoms with van der Waals surface area (Å²) in [5, 5.41) is 11.6. The van der Waals surface area contributed by atoms with Crippen molar-refractivity contribution in [2.75, 3.05) is 7.11 Å². The average Bonchev–Trinajstić information content (AvgIpc) is 3.02. The highest BCUT2D eigenvalue weighted by Crippen LogP contribution is 2.43. The minimum absolute atomic E-state index is 0.353. The molecule has 0 saturated heterocycles. The Kier molecular flexibility index (Phi) is 5.19. The maximum Gasteiger partial charge on any atom is 0.417 e. The Hall–Kier alpha value is -2.47. The quantitative estimate of drug-likeness (QED) is 0.593. The molecule has 1 aromatic heterocycles. The monoisotopic (exact) mass is 391 g/mol. The second-order valence-corrected chi connectivity index (χ2v) is 7.88. The third-order valence-electron chi connectivity index (χ3n) is 5.20. The number of nitrogens with one attached hydrogen (secondary N) is 1. The molecule has 28 heavy (non-hydrogen) atoms. The molecular formula is C22H24F3NO2. The molecule has 0 aliphatic heterocycles. The number of hydrogen-bond acceptors (Lipinski definition) is 2. The van der Waals surface area contributed by atoms with E-state index in [0.29, 0.717) is 17.0 Å². The van der Waals surface area contributed by atoms with E-state index in [1.807, 2.05) is 18.2 Å². The van der Waals surface area contributed by atoms with Gasteiger partial charge in [0.15, 0.2) is 5.60 Å². The fraction of sp³-hybridized carbons (Fsp3) is 0.364. The summed E-state index contributed by atoms with van der Waals surface area (Å²) in [5.41, 5.74) is -1.96. The van der Waals surface area contributed by atoms with Crippen LogP contribution >= 0.6 is 0 Å². The van der Waals surface area contributed by atoms with E-state index in [1.165, 1.54) is 7.11 Å². The van der Waals surface area contributed by atoms with Crippen LogP contribution in [0.25, 0.3) is 10.9 Å². The van der Waals surface area contributed by atoms with E-state index in [0.717, 1.165) is 10.9 Å². The van der Waals surface area contributed by atoms with Gasteiger partial charge in [0.1, 0.15) is 5.75 Å². The van der Waals surface area contributed by atoms with Crippen LogP contribution < -0.4 is 4.74 Å². The number of benzene rings is 2. The second-order valence-electron chi connectivity index (χ2n) is 7.88. The van der Waals surface area contributed by atoms with Gasteiger partial charge in [-0.1, -0.05) is 44.2 Å². The number of halogens is 3. The van der Waals surface area contributed by atoms with Crippen LogP contribution in [0.3, 0.4) is 0 Å². The molecule has 150 valence electrons.